The molecule has 0 amide bonds. The summed E-state index contributed by atoms with van der Waals surface area (Å²) in [6, 6.07) is 10.2. The Kier molecular flexibility index (Phi) is 8.63. The van der Waals surface area contributed by atoms with E-state index in [0.29, 0.717) is 30.2 Å². The number of hydrogen-bond donors (Lipinski definition) is 0. The maximum atomic E-state index is 12.7. The lowest BCUT2D eigenvalue weighted by molar-refractivity contribution is -0.0500. The van der Waals surface area contributed by atoms with Gasteiger partial charge in [0.25, 0.3) is 0 Å². The van der Waals surface area contributed by atoms with E-state index in [2.05, 4.69) is 25.0 Å². The van der Waals surface area contributed by atoms with Crippen molar-refractivity contribution in [3.05, 3.63) is 58.1 Å². The lowest BCUT2D eigenvalue weighted by atomic mass is 9.70. The minimum absolute atomic E-state index is 0.138. The first kappa shape index (κ1) is 28.3. The molecule has 0 N–H and O–H groups in total. The molecule has 0 spiro atoms. The van der Waals surface area contributed by atoms with Crippen LogP contribution in [0.15, 0.2) is 36.4 Å². The molecule has 0 saturated heterocycles. The van der Waals surface area contributed by atoms with Gasteiger partial charge in [0.2, 0.25) is 0 Å². The molecular weight excluding hydrogens is 489 g/mol. The molecule has 0 heterocycles. The zero-order chi connectivity index (χ0) is 25.9. The zero-order valence-corrected chi connectivity index (χ0v) is 21.9. The summed E-state index contributed by atoms with van der Waals surface area (Å²) in [5.41, 5.74) is -3.81. The van der Waals surface area contributed by atoms with Gasteiger partial charge in [0.1, 0.15) is 11.5 Å². The lowest BCUT2D eigenvalue weighted by Gasteiger charge is -2.34. The summed E-state index contributed by atoms with van der Waals surface area (Å²) in [4.78, 5) is 0. The van der Waals surface area contributed by atoms with Crippen molar-refractivity contribution < 1.29 is 30.5 Å². The molecule has 4 nitrogen and oxygen atoms in total. The Balaban J connectivity index is 2.39. The summed E-state index contributed by atoms with van der Waals surface area (Å²) in [5, 5.41) is 0.477. The predicted molar refractivity (Wildman–Crippen MR) is 129 cm³/mol. The Morgan fingerprint density at radius 2 is 1.44 bits per heavy atom. The molecule has 0 saturated carbocycles. The maximum Gasteiger partial charge on any atom is 0.534 e. The van der Waals surface area contributed by atoms with Crippen LogP contribution in [0.25, 0.3) is 0 Å². The number of aryl methyl sites for hydroxylation is 1. The van der Waals surface area contributed by atoms with E-state index in [4.69, 9.17) is 16.3 Å². The van der Waals surface area contributed by atoms with Crippen LogP contribution in [0.3, 0.4) is 0 Å². The van der Waals surface area contributed by atoms with E-state index in [1.807, 2.05) is 32.0 Å². The van der Waals surface area contributed by atoms with E-state index in [-0.39, 0.29) is 16.7 Å². The Labute approximate surface area is 205 Å². The van der Waals surface area contributed by atoms with Crippen LogP contribution in [0.2, 0.25) is 5.02 Å². The molecular formula is C25H32ClF3O4S. The molecule has 2 aromatic carbocycles. The lowest BCUT2D eigenvalue weighted by Crippen LogP contribution is -2.29. The number of halogens is 4. The molecule has 0 atom stereocenters. The number of alkyl halides is 3. The normalized spacial score (nSPS) is 13.1. The Hall–Kier alpha value is -1.93. The summed E-state index contributed by atoms with van der Waals surface area (Å²) in [6.07, 6.45) is 2.24. The standard InChI is InChI=1S/C25H32ClF3O4S/c1-7-24(8-2,19-10-12-22(20(26)16-19)32-14-13-23(4,5)6)18-9-11-21(17(3)15-18)33-34(30,31)25(27,28)29/h9-12,15-16H,7-8,13-14H2,1-6H3. The van der Waals surface area contributed by atoms with Crippen molar-refractivity contribution in [3.8, 4) is 11.5 Å². The summed E-state index contributed by atoms with van der Waals surface area (Å²) >= 11 is 6.54. The minimum Gasteiger partial charge on any atom is -0.492 e. The van der Waals surface area contributed by atoms with Crippen molar-refractivity contribution in [2.75, 3.05) is 6.61 Å². The molecule has 0 radical (unpaired) electrons. The first-order chi connectivity index (χ1) is 15.6. The molecule has 0 aliphatic heterocycles. The third-order valence-corrected chi connectivity index (χ3v) is 7.27. The largest absolute Gasteiger partial charge is 0.534 e. The molecule has 0 bridgehead atoms. The van der Waals surface area contributed by atoms with Crippen LogP contribution in [-0.2, 0) is 15.5 Å². The van der Waals surface area contributed by atoms with Crippen LogP contribution in [0.4, 0.5) is 13.2 Å². The summed E-state index contributed by atoms with van der Waals surface area (Å²) in [7, 11) is -5.74. The molecule has 0 fully saturated rings. The second kappa shape index (κ2) is 10.4. The van der Waals surface area contributed by atoms with Gasteiger partial charge in [0, 0.05) is 5.41 Å². The third kappa shape index (κ3) is 6.39. The summed E-state index contributed by atoms with van der Waals surface area (Å²) < 4.78 is 71.2. The van der Waals surface area contributed by atoms with Gasteiger partial charge in [-0.1, -0.05) is 64.4 Å². The van der Waals surface area contributed by atoms with Gasteiger partial charge in [-0.2, -0.15) is 21.6 Å². The highest BCUT2D eigenvalue weighted by molar-refractivity contribution is 7.88. The van der Waals surface area contributed by atoms with E-state index in [0.717, 1.165) is 17.5 Å². The first-order valence-corrected chi connectivity index (χ1v) is 12.9. The Bertz CT molecular complexity index is 1100. The minimum atomic E-state index is -5.74. The molecule has 0 unspecified atom stereocenters. The van der Waals surface area contributed by atoms with Crippen LogP contribution >= 0.6 is 11.6 Å². The van der Waals surface area contributed by atoms with Crippen LogP contribution in [0.5, 0.6) is 11.5 Å². The van der Waals surface area contributed by atoms with Gasteiger partial charge in [0.15, 0.2) is 0 Å². The highest BCUT2D eigenvalue weighted by atomic mass is 35.5. The highest BCUT2D eigenvalue weighted by Gasteiger charge is 2.48. The SMILES string of the molecule is CCC(CC)(c1ccc(OS(=O)(=O)C(F)(F)F)c(C)c1)c1ccc(OCCC(C)(C)C)c(Cl)c1. The fourth-order valence-corrected chi connectivity index (χ4v) is 4.57. The van der Waals surface area contributed by atoms with Crippen molar-refractivity contribution in [1.29, 1.82) is 0 Å². The van der Waals surface area contributed by atoms with Gasteiger partial charge < -0.3 is 8.92 Å². The van der Waals surface area contributed by atoms with E-state index in [9.17, 15) is 21.6 Å². The van der Waals surface area contributed by atoms with E-state index < -0.39 is 21.0 Å². The smallest absolute Gasteiger partial charge is 0.492 e. The Morgan fingerprint density at radius 1 is 0.912 bits per heavy atom. The van der Waals surface area contributed by atoms with Crippen molar-refractivity contribution in [3.63, 3.8) is 0 Å². The summed E-state index contributed by atoms with van der Waals surface area (Å²) in [5.74, 6) is 0.232. The monoisotopic (exact) mass is 520 g/mol. The second-order valence-corrected chi connectivity index (χ2v) is 11.5. The van der Waals surface area contributed by atoms with Gasteiger partial charge in [-0.25, -0.2) is 0 Å². The molecule has 0 aliphatic rings. The Morgan fingerprint density at radius 3 is 1.88 bits per heavy atom. The van der Waals surface area contributed by atoms with Crippen LogP contribution < -0.4 is 8.92 Å². The molecule has 190 valence electrons. The number of benzene rings is 2. The fourth-order valence-electron chi connectivity index (χ4n) is 3.82. The van der Waals surface area contributed by atoms with Crippen LogP contribution in [0.1, 0.15) is 70.6 Å². The van der Waals surface area contributed by atoms with Gasteiger partial charge in [-0.05, 0) is 66.5 Å². The van der Waals surface area contributed by atoms with E-state index in [1.165, 1.54) is 13.0 Å². The highest BCUT2D eigenvalue weighted by Crippen LogP contribution is 2.43. The van der Waals surface area contributed by atoms with Gasteiger partial charge >= 0.3 is 15.6 Å². The maximum absolute atomic E-state index is 12.7. The molecule has 9 heteroatoms. The molecule has 34 heavy (non-hydrogen) atoms. The first-order valence-electron chi connectivity index (χ1n) is 11.1. The van der Waals surface area contributed by atoms with Crippen molar-refractivity contribution in [1.82, 2.24) is 0 Å². The van der Waals surface area contributed by atoms with E-state index >= 15 is 0 Å². The van der Waals surface area contributed by atoms with Gasteiger partial charge in [-0.15, -0.1) is 0 Å². The molecule has 2 rings (SSSR count). The molecule has 2 aromatic rings. The van der Waals surface area contributed by atoms with Crippen LogP contribution in [-0.4, -0.2) is 20.5 Å². The predicted octanol–water partition coefficient (Wildman–Crippen LogP) is 7.80. The molecule has 0 aromatic heterocycles. The number of hydrogen-bond acceptors (Lipinski definition) is 4. The second-order valence-electron chi connectivity index (χ2n) is 9.56. The van der Waals surface area contributed by atoms with Crippen LogP contribution in [0, 0.1) is 12.3 Å². The zero-order valence-electron chi connectivity index (χ0n) is 20.3. The topological polar surface area (TPSA) is 52.6 Å². The fraction of sp³-hybridized carbons (Fsp3) is 0.520. The van der Waals surface area contributed by atoms with Crippen molar-refractivity contribution >= 4 is 21.7 Å². The van der Waals surface area contributed by atoms with Gasteiger partial charge in [-0.3, -0.25) is 0 Å². The third-order valence-electron chi connectivity index (χ3n) is 6.01. The number of rotatable bonds is 9. The summed E-state index contributed by atoms with van der Waals surface area (Å²) in [6.45, 7) is 12.5. The number of ether oxygens (including phenoxy) is 1. The van der Waals surface area contributed by atoms with Crippen molar-refractivity contribution in [2.24, 2.45) is 5.41 Å². The van der Waals surface area contributed by atoms with Gasteiger partial charge in [0.05, 0.1) is 11.6 Å². The van der Waals surface area contributed by atoms with E-state index in [1.54, 1.807) is 12.1 Å². The average Bonchev–Trinajstić information content (AvgIpc) is 2.71. The quantitative estimate of drug-likeness (QED) is 0.250. The molecule has 0 aliphatic carbocycles. The average molecular weight is 521 g/mol. The van der Waals surface area contributed by atoms with Crippen molar-refractivity contribution in [2.45, 2.75) is 71.7 Å².